The van der Waals surface area contributed by atoms with E-state index in [0.717, 1.165) is 11.1 Å². The van der Waals surface area contributed by atoms with Crippen molar-refractivity contribution in [1.82, 2.24) is 4.98 Å². The van der Waals surface area contributed by atoms with Crippen LogP contribution >= 0.6 is 0 Å². The van der Waals surface area contributed by atoms with Crippen molar-refractivity contribution < 1.29 is 4.79 Å². The van der Waals surface area contributed by atoms with E-state index in [1.54, 1.807) is 6.20 Å². The zero-order valence-corrected chi connectivity index (χ0v) is 13.3. The zero-order chi connectivity index (χ0) is 16.8. The molecule has 1 N–H and O–H groups in total. The van der Waals surface area contributed by atoms with Crippen LogP contribution in [-0.4, -0.2) is 10.9 Å². The molecule has 2 aromatic carbocycles. The number of anilines is 1. The third kappa shape index (κ3) is 4.08. The minimum atomic E-state index is -0.134. The first-order valence-corrected chi connectivity index (χ1v) is 7.62. The van der Waals surface area contributed by atoms with Crippen molar-refractivity contribution in [1.29, 1.82) is 0 Å². The number of benzene rings is 2. The number of amides is 1. The summed E-state index contributed by atoms with van der Waals surface area (Å²) in [4.78, 5) is 16.4. The van der Waals surface area contributed by atoms with Gasteiger partial charge in [-0.2, -0.15) is 0 Å². The third-order valence-electron chi connectivity index (χ3n) is 3.43. The second-order valence-corrected chi connectivity index (χ2v) is 5.37. The van der Waals surface area contributed by atoms with Gasteiger partial charge in [-0.25, -0.2) is 4.98 Å². The van der Waals surface area contributed by atoms with Crippen LogP contribution < -0.4 is 5.32 Å². The highest BCUT2D eigenvalue weighted by Crippen LogP contribution is 2.12. The molecular weight excluding hydrogens is 296 g/mol. The Balaban J connectivity index is 1.75. The van der Waals surface area contributed by atoms with Crippen molar-refractivity contribution in [2.75, 3.05) is 5.32 Å². The zero-order valence-electron chi connectivity index (χ0n) is 13.3. The van der Waals surface area contributed by atoms with Crippen molar-refractivity contribution in [2.24, 2.45) is 0 Å². The lowest BCUT2D eigenvalue weighted by Gasteiger charge is -2.06. The van der Waals surface area contributed by atoms with Gasteiger partial charge in [-0.1, -0.05) is 35.7 Å². The molecule has 0 atom stereocenters. The lowest BCUT2D eigenvalue weighted by Crippen LogP contribution is -2.11. The van der Waals surface area contributed by atoms with Gasteiger partial charge < -0.3 is 5.32 Å². The summed E-state index contributed by atoms with van der Waals surface area (Å²) in [6.45, 7) is 1.99. The van der Waals surface area contributed by atoms with E-state index in [-0.39, 0.29) is 5.91 Å². The van der Waals surface area contributed by atoms with E-state index < -0.39 is 0 Å². The second kappa shape index (κ2) is 7.26. The lowest BCUT2D eigenvalue weighted by atomic mass is 10.1. The molecule has 116 valence electrons. The first kappa shape index (κ1) is 15.5. The maximum absolute atomic E-state index is 12.3. The number of aromatic nitrogens is 1. The highest BCUT2D eigenvalue weighted by molar-refractivity contribution is 6.04. The monoisotopic (exact) mass is 312 g/mol. The molecule has 0 bridgehead atoms. The molecule has 24 heavy (non-hydrogen) atoms. The predicted octanol–water partition coefficient (Wildman–Crippen LogP) is 4.04. The Morgan fingerprint density at radius 3 is 2.54 bits per heavy atom. The Hall–Kier alpha value is -3.38. The molecule has 0 saturated carbocycles. The minimum Gasteiger partial charge on any atom is -0.322 e. The van der Waals surface area contributed by atoms with Crippen molar-refractivity contribution in [3.05, 3.63) is 95.3 Å². The fourth-order valence-corrected chi connectivity index (χ4v) is 2.16. The Morgan fingerprint density at radius 2 is 1.79 bits per heavy atom. The van der Waals surface area contributed by atoms with E-state index in [2.05, 4.69) is 22.1 Å². The topological polar surface area (TPSA) is 42.0 Å². The molecule has 0 radical (unpaired) electrons. The van der Waals surface area contributed by atoms with Gasteiger partial charge in [-0.15, -0.1) is 0 Å². The molecule has 3 rings (SSSR count). The van der Waals surface area contributed by atoms with Gasteiger partial charge in [-0.3, -0.25) is 4.79 Å². The second-order valence-electron chi connectivity index (χ2n) is 5.37. The third-order valence-corrected chi connectivity index (χ3v) is 3.43. The molecule has 0 unspecified atom stereocenters. The van der Waals surface area contributed by atoms with E-state index in [9.17, 15) is 4.79 Å². The van der Waals surface area contributed by atoms with Gasteiger partial charge >= 0.3 is 0 Å². The molecule has 0 aliphatic carbocycles. The first-order valence-electron chi connectivity index (χ1n) is 7.62. The molecule has 1 aromatic heterocycles. The average Bonchev–Trinajstić information content (AvgIpc) is 2.62. The van der Waals surface area contributed by atoms with Crippen molar-refractivity contribution in [3.63, 3.8) is 0 Å². The summed E-state index contributed by atoms with van der Waals surface area (Å²) >= 11 is 0. The normalized spacial score (nSPS) is 9.71. The summed E-state index contributed by atoms with van der Waals surface area (Å²) in [6.07, 6.45) is 1.71. The van der Waals surface area contributed by atoms with Crippen molar-refractivity contribution >= 4 is 11.6 Å². The average molecular weight is 312 g/mol. The molecule has 0 aliphatic rings. The number of aryl methyl sites for hydroxylation is 1. The van der Waals surface area contributed by atoms with Crippen molar-refractivity contribution in [2.45, 2.75) is 6.92 Å². The standard InChI is InChI=1S/C21H16N2O/c1-16-8-11-18(12-9-16)21(24)23-20-7-4-5-17(15-20)10-13-19-6-2-3-14-22-19/h2-9,11-12,14-15H,1H3,(H,23,24). The highest BCUT2D eigenvalue weighted by atomic mass is 16.1. The van der Waals surface area contributed by atoms with E-state index in [4.69, 9.17) is 0 Å². The van der Waals surface area contributed by atoms with Crippen LogP contribution in [0.3, 0.4) is 0 Å². The van der Waals surface area contributed by atoms with Gasteiger partial charge in [0.25, 0.3) is 5.91 Å². The molecule has 3 heteroatoms. The summed E-state index contributed by atoms with van der Waals surface area (Å²) in [5.74, 6) is 5.93. The molecule has 1 heterocycles. The van der Waals surface area contributed by atoms with Gasteiger partial charge in [0.05, 0.1) is 0 Å². The number of hydrogen-bond acceptors (Lipinski definition) is 2. The van der Waals surface area contributed by atoms with Crippen molar-refractivity contribution in [3.8, 4) is 11.8 Å². The van der Waals surface area contributed by atoms with Gasteiger partial charge in [0.15, 0.2) is 0 Å². The molecule has 3 aromatic rings. The SMILES string of the molecule is Cc1ccc(C(=O)Nc2cccc(C#Cc3ccccn3)c2)cc1. The summed E-state index contributed by atoms with van der Waals surface area (Å²) in [5.41, 5.74) is 4.01. The molecule has 0 fully saturated rings. The number of nitrogens with zero attached hydrogens (tertiary/aromatic N) is 1. The number of hydrogen-bond donors (Lipinski definition) is 1. The van der Waals surface area contributed by atoms with E-state index >= 15 is 0 Å². The fourth-order valence-electron chi connectivity index (χ4n) is 2.16. The smallest absolute Gasteiger partial charge is 0.255 e. The molecule has 1 amide bonds. The summed E-state index contributed by atoms with van der Waals surface area (Å²) < 4.78 is 0. The quantitative estimate of drug-likeness (QED) is 0.726. The number of pyridine rings is 1. The fraction of sp³-hybridized carbons (Fsp3) is 0.0476. The van der Waals surface area contributed by atoms with E-state index in [1.807, 2.05) is 73.7 Å². The van der Waals surface area contributed by atoms with Crippen LogP contribution in [0.15, 0.2) is 72.9 Å². The summed E-state index contributed by atoms with van der Waals surface area (Å²) in [7, 11) is 0. The number of nitrogens with one attached hydrogen (secondary N) is 1. The Labute approximate surface area is 141 Å². The van der Waals surface area contributed by atoms with Crippen LogP contribution in [0.1, 0.15) is 27.2 Å². The summed E-state index contributed by atoms with van der Waals surface area (Å²) in [6, 6.07) is 20.5. The molecular formula is C21H16N2O. The van der Waals surface area contributed by atoms with Crippen LogP contribution in [0.5, 0.6) is 0 Å². The van der Waals surface area contributed by atoms with Crippen LogP contribution in [-0.2, 0) is 0 Å². The number of carbonyl (C=O) groups is 1. The van der Waals surface area contributed by atoms with Gasteiger partial charge in [0.1, 0.15) is 5.69 Å². The van der Waals surface area contributed by atoms with E-state index in [0.29, 0.717) is 16.9 Å². The lowest BCUT2D eigenvalue weighted by molar-refractivity contribution is 0.102. The van der Waals surface area contributed by atoms with Gasteiger partial charge in [0, 0.05) is 23.0 Å². The van der Waals surface area contributed by atoms with Gasteiger partial charge in [-0.05, 0) is 55.3 Å². The number of rotatable bonds is 2. The largest absolute Gasteiger partial charge is 0.322 e. The minimum absolute atomic E-state index is 0.134. The van der Waals surface area contributed by atoms with Crippen LogP contribution in [0.4, 0.5) is 5.69 Å². The molecule has 0 saturated heterocycles. The maximum Gasteiger partial charge on any atom is 0.255 e. The Morgan fingerprint density at radius 1 is 0.958 bits per heavy atom. The molecule has 0 spiro atoms. The van der Waals surface area contributed by atoms with Crippen LogP contribution in [0, 0.1) is 18.8 Å². The summed E-state index contributed by atoms with van der Waals surface area (Å²) in [5, 5.41) is 2.89. The Bertz CT molecular complexity index is 904. The molecule has 3 nitrogen and oxygen atoms in total. The highest BCUT2D eigenvalue weighted by Gasteiger charge is 2.05. The molecule has 0 aliphatic heterocycles. The predicted molar refractivity (Wildman–Crippen MR) is 95.8 cm³/mol. The number of carbonyl (C=O) groups excluding carboxylic acids is 1. The first-order chi connectivity index (χ1) is 11.7. The van der Waals surface area contributed by atoms with Crippen LogP contribution in [0.2, 0.25) is 0 Å². The Kier molecular flexibility index (Phi) is 4.69. The van der Waals surface area contributed by atoms with Crippen LogP contribution in [0.25, 0.3) is 0 Å². The van der Waals surface area contributed by atoms with Gasteiger partial charge in [0.2, 0.25) is 0 Å². The maximum atomic E-state index is 12.3. The van der Waals surface area contributed by atoms with E-state index in [1.165, 1.54) is 0 Å².